The maximum absolute atomic E-state index is 11.7. The number of nitro benzene ring substituents is 1. The number of non-ortho nitro benzene ring substituents is 1. The van der Waals surface area contributed by atoms with Gasteiger partial charge in [0.2, 0.25) is 0 Å². The number of ether oxygens (including phenoxy) is 2. The SMILES string of the molecule is CCC1=CC[C@H](OC(=O)Oc2ccc([N+](=O)[O-])cc2)CC1=O. The largest absolute Gasteiger partial charge is 0.514 e. The molecule has 1 atom stereocenters. The molecule has 0 bridgehead atoms. The summed E-state index contributed by atoms with van der Waals surface area (Å²) >= 11 is 0. The van der Waals surface area contributed by atoms with Gasteiger partial charge in [0.25, 0.3) is 5.69 Å². The standard InChI is InChI=1S/C15H15NO6/c1-2-10-3-6-13(9-14(10)17)22-15(18)21-12-7-4-11(5-8-12)16(19)20/h3-5,7-8,13H,2,6,9H2,1H3/t13-/m0/s1. The van der Waals surface area contributed by atoms with Gasteiger partial charge >= 0.3 is 6.16 Å². The summed E-state index contributed by atoms with van der Waals surface area (Å²) in [7, 11) is 0. The number of rotatable bonds is 4. The molecule has 1 aliphatic rings. The lowest BCUT2D eigenvalue weighted by Crippen LogP contribution is -2.26. The molecule has 0 saturated heterocycles. The van der Waals surface area contributed by atoms with E-state index in [1.165, 1.54) is 24.3 Å². The van der Waals surface area contributed by atoms with Gasteiger partial charge in [-0.05, 0) is 24.1 Å². The Kier molecular flexibility index (Phi) is 4.88. The van der Waals surface area contributed by atoms with Gasteiger partial charge in [-0.1, -0.05) is 13.0 Å². The van der Waals surface area contributed by atoms with Crippen molar-refractivity contribution in [2.45, 2.75) is 32.3 Å². The molecule has 0 aromatic heterocycles. The van der Waals surface area contributed by atoms with E-state index in [-0.39, 0.29) is 23.6 Å². The van der Waals surface area contributed by atoms with Crippen LogP contribution in [0, 0.1) is 10.1 Å². The topological polar surface area (TPSA) is 95.7 Å². The van der Waals surface area contributed by atoms with Crippen LogP contribution in [0.5, 0.6) is 5.75 Å². The number of carbonyl (C=O) groups excluding carboxylic acids is 2. The molecule has 0 amide bonds. The van der Waals surface area contributed by atoms with E-state index in [9.17, 15) is 19.7 Å². The van der Waals surface area contributed by atoms with E-state index in [2.05, 4.69) is 0 Å². The number of hydrogen-bond donors (Lipinski definition) is 0. The van der Waals surface area contributed by atoms with Gasteiger partial charge in [-0.15, -0.1) is 0 Å². The molecular formula is C15H15NO6. The first-order chi connectivity index (χ1) is 10.5. The number of benzene rings is 1. The molecule has 1 aromatic rings. The highest BCUT2D eigenvalue weighted by Crippen LogP contribution is 2.21. The molecule has 116 valence electrons. The number of hydrogen-bond acceptors (Lipinski definition) is 6. The third kappa shape index (κ3) is 3.91. The van der Waals surface area contributed by atoms with E-state index >= 15 is 0 Å². The average molecular weight is 305 g/mol. The first-order valence-electron chi connectivity index (χ1n) is 6.84. The van der Waals surface area contributed by atoms with E-state index < -0.39 is 17.2 Å². The number of allylic oxidation sites excluding steroid dienone is 1. The Morgan fingerprint density at radius 3 is 2.59 bits per heavy atom. The molecule has 7 nitrogen and oxygen atoms in total. The van der Waals surface area contributed by atoms with Gasteiger partial charge in [0, 0.05) is 25.0 Å². The first kappa shape index (κ1) is 15.7. The highest BCUT2D eigenvalue weighted by molar-refractivity contribution is 5.96. The lowest BCUT2D eigenvalue weighted by atomic mass is 9.94. The number of nitrogens with zero attached hydrogens (tertiary/aromatic N) is 1. The maximum Gasteiger partial charge on any atom is 0.514 e. The normalized spacial score (nSPS) is 17.6. The fraction of sp³-hybridized carbons (Fsp3) is 0.333. The molecule has 0 radical (unpaired) electrons. The maximum atomic E-state index is 11.7. The van der Waals surface area contributed by atoms with Gasteiger partial charge in [-0.2, -0.15) is 0 Å². The molecule has 2 rings (SSSR count). The third-order valence-electron chi connectivity index (χ3n) is 3.29. The second kappa shape index (κ2) is 6.84. The van der Waals surface area contributed by atoms with E-state index in [0.717, 1.165) is 5.57 Å². The summed E-state index contributed by atoms with van der Waals surface area (Å²) in [6, 6.07) is 5.06. The number of nitro groups is 1. The van der Waals surface area contributed by atoms with Gasteiger partial charge in [0.15, 0.2) is 5.78 Å². The zero-order valence-corrected chi connectivity index (χ0v) is 12.0. The van der Waals surface area contributed by atoms with Crippen molar-refractivity contribution >= 4 is 17.6 Å². The van der Waals surface area contributed by atoms with Gasteiger partial charge in [0.1, 0.15) is 11.9 Å². The van der Waals surface area contributed by atoms with Crippen molar-refractivity contribution in [1.29, 1.82) is 0 Å². The van der Waals surface area contributed by atoms with Gasteiger partial charge in [-0.3, -0.25) is 14.9 Å². The van der Waals surface area contributed by atoms with E-state index in [4.69, 9.17) is 9.47 Å². The Morgan fingerprint density at radius 2 is 2.05 bits per heavy atom. The highest BCUT2D eigenvalue weighted by Gasteiger charge is 2.24. The quantitative estimate of drug-likeness (QED) is 0.367. The summed E-state index contributed by atoms with van der Waals surface area (Å²) in [6.07, 6.45) is 1.60. The smallest absolute Gasteiger partial charge is 0.430 e. The molecule has 1 aliphatic carbocycles. The molecule has 7 heteroatoms. The van der Waals surface area contributed by atoms with Crippen molar-refractivity contribution in [3.8, 4) is 5.75 Å². The highest BCUT2D eigenvalue weighted by atomic mass is 16.7. The van der Waals surface area contributed by atoms with Gasteiger partial charge in [-0.25, -0.2) is 4.79 Å². The second-order valence-electron chi connectivity index (χ2n) is 4.79. The predicted molar refractivity (Wildman–Crippen MR) is 76.6 cm³/mol. The second-order valence-corrected chi connectivity index (χ2v) is 4.79. The van der Waals surface area contributed by atoms with Crippen LogP contribution in [-0.4, -0.2) is 23.0 Å². The zero-order chi connectivity index (χ0) is 16.1. The van der Waals surface area contributed by atoms with Crippen molar-refractivity contribution in [3.05, 3.63) is 46.0 Å². The van der Waals surface area contributed by atoms with Crippen LogP contribution in [0.15, 0.2) is 35.9 Å². The first-order valence-corrected chi connectivity index (χ1v) is 6.84. The Bertz CT molecular complexity index is 619. The minimum atomic E-state index is -0.931. The molecule has 0 N–H and O–H groups in total. The summed E-state index contributed by atoms with van der Waals surface area (Å²) in [5, 5.41) is 10.5. The molecule has 22 heavy (non-hydrogen) atoms. The van der Waals surface area contributed by atoms with Crippen molar-refractivity contribution in [1.82, 2.24) is 0 Å². The van der Waals surface area contributed by atoms with Crippen molar-refractivity contribution in [2.24, 2.45) is 0 Å². The number of carbonyl (C=O) groups is 2. The monoisotopic (exact) mass is 305 g/mol. The molecular weight excluding hydrogens is 290 g/mol. The number of Topliss-reactive ketones (excluding diaryl/α,β-unsaturated/α-hetero) is 1. The molecule has 0 fully saturated rings. The van der Waals surface area contributed by atoms with Crippen molar-refractivity contribution in [2.75, 3.05) is 0 Å². The average Bonchev–Trinajstić information content (AvgIpc) is 2.48. The fourth-order valence-electron chi connectivity index (χ4n) is 2.13. The zero-order valence-electron chi connectivity index (χ0n) is 12.0. The summed E-state index contributed by atoms with van der Waals surface area (Å²) < 4.78 is 10.0. The summed E-state index contributed by atoms with van der Waals surface area (Å²) in [5.41, 5.74) is 0.652. The fourth-order valence-corrected chi connectivity index (χ4v) is 2.13. The predicted octanol–water partition coefficient (Wildman–Crippen LogP) is 3.18. The van der Waals surface area contributed by atoms with E-state index in [0.29, 0.717) is 12.8 Å². The van der Waals surface area contributed by atoms with Crippen molar-refractivity contribution in [3.63, 3.8) is 0 Å². The van der Waals surface area contributed by atoms with Crippen LogP contribution in [0.3, 0.4) is 0 Å². The number of ketones is 1. The Morgan fingerprint density at radius 1 is 1.36 bits per heavy atom. The van der Waals surface area contributed by atoms with Crippen LogP contribution < -0.4 is 4.74 Å². The molecule has 0 aliphatic heterocycles. The van der Waals surface area contributed by atoms with Gasteiger partial charge in [0.05, 0.1) is 4.92 Å². The van der Waals surface area contributed by atoms with Gasteiger partial charge < -0.3 is 9.47 Å². The van der Waals surface area contributed by atoms with Crippen LogP contribution in [0.25, 0.3) is 0 Å². The molecule has 0 heterocycles. The Hall–Kier alpha value is -2.70. The van der Waals surface area contributed by atoms with Crippen LogP contribution in [0.2, 0.25) is 0 Å². The summed E-state index contributed by atoms with van der Waals surface area (Å²) in [6.45, 7) is 1.90. The minimum Gasteiger partial charge on any atom is -0.430 e. The van der Waals surface area contributed by atoms with Crippen molar-refractivity contribution < 1.29 is 24.0 Å². The van der Waals surface area contributed by atoms with Crippen LogP contribution >= 0.6 is 0 Å². The molecule has 0 saturated carbocycles. The van der Waals surface area contributed by atoms with E-state index in [1.54, 1.807) is 6.08 Å². The van der Waals surface area contributed by atoms with E-state index in [1.807, 2.05) is 6.92 Å². The van der Waals surface area contributed by atoms with Crippen LogP contribution in [-0.2, 0) is 9.53 Å². The molecule has 1 aromatic carbocycles. The molecule has 0 spiro atoms. The summed E-state index contributed by atoms with van der Waals surface area (Å²) in [4.78, 5) is 33.3. The van der Waals surface area contributed by atoms with Crippen LogP contribution in [0.1, 0.15) is 26.2 Å². The lowest BCUT2D eigenvalue weighted by molar-refractivity contribution is -0.384. The third-order valence-corrected chi connectivity index (χ3v) is 3.29. The Balaban J connectivity index is 1.89. The molecule has 0 unspecified atom stereocenters. The lowest BCUT2D eigenvalue weighted by Gasteiger charge is -2.20. The summed E-state index contributed by atoms with van der Waals surface area (Å²) in [5.74, 6) is 0.115. The minimum absolute atomic E-state index is 0.0260. The Labute approximate surface area is 126 Å². The van der Waals surface area contributed by atoms with Crippen LogP contribution in [0.4, 0.5) is 10.5 Å².